The highest BCUT2D eigenvalue weighted by molar-refractivity contribution is 8.14. The van der Waals surface area contributed by atoms with E-state index >= 15 is 0 Å². The van der Waals surface area contributed by atoms with Crippen molar-refractivity contribution in [2.24, 2.45) is 0 Å². The lowest BCUT2D eigenvalue weighted by molar-refractivity contribution is 0.549. The van der Waals surface area contributed by atoms with Gasteiger partial charge in [0.1, 0.15) is 5.82 Å². The molecule has 0 saturated heterocycles. The third-order valence-electron chi connectivity index (χ3n) is 1.29. The Labute approximate surface area is 85.5 Å². The van der Waals surface area contributed by atoms with Crippen LogP contribution in [0, 0.1) is 0 Å². The maximum atomic E-state index is 10.8. The summed E-state index contributed by atoms with van der Waals surface area (Å²) in [4.78, 5) is 3.84. The van der Waals surface area contributed by atoms with Crippen LogP contribution in [0.2, 0.25) is 0 Å². The first kappa shape index (κ1) is 10.9. The van der Waals surface area contributed by atoms with Gasteiger partial charge in [0.25, 0.3) is 9.05 Å². The molecule has 1 aromatic rings. The summed E-state index contributed by atoms with van der Waals surface area (Å²) in [5.74, 6) is 0.497. The summed E-state index contributed by atoms with van der Waals surface area (Å²) in [7, 11) is 1.38. The molecule has 1 rings (SSSR count). The van der Waals surface area contributed by atoms with Crippen LogP contribution >= 0.6 is 22.2 Å². The third-order valence-corrected chi connectivity index (χ3v) is 3.90. The summed E-state index contributed by atoms with van der Waals surface area (Å²) in [5.41, 5.74) is -0.254. The Morgan fingerprint density at radius 1 is 1.38 bits per heavy atom. The lowest BCUT2D eigenvalue weighted by atomic mass is 9.96. The minimum absolute atomic E-state index is 0.140. The summed E-state index contributed by atoms with van der Waals surface area (Å²) in [6.45, 7) is 5.71. The molecule has 0 radical (unpaired) electrons. The Morgan fingerprint density at radius 3 is 2.15 bits per heavy atom. The fraction of sp³-hybridized carbons (Fsp3) is 0.667. The normalized spacial score (nSPS) is 13.2. The van der Waals surface area contributed by atoms with E-state index < -0.39 is 9.05 Å². The van der Waals surface area contributed by atoms with Crippen LogP contribution in [-0.4, -0.2) is 17.8 Å². The molecule has 0 aromatic carbocycles. The van der Waals surface area contributed by atoms with Crippen LogP contribution in [0.1, 0.15) is 26.6 Å². The molecule has 0 aliphatic heterocycles. The predicted octanol–water partition coefficient (Wildman–Crippen LogP) is 1.76. The van der Waals surface area contributed by atoms with Crippen LogP contribution in [0.4, 0.5) is 0 Å². The molecule has 0 fully saturated rings. The van der Waals surface area contributed by atoms with Crippen molar-refractivity contribution in [3.63, 3.8) is 0 Å². The SMILES string of the molecule is CC(C)(C)c1nsc(S(=O)(=O)Cl)n1. The van der Waals surface area contributed by atoms with Crippen LogP contribution < -0.4 is 0 Å². The Hall–Kier alpha value is -0.200. The molecule has 0 atom stereocenters. The molecule has 13 heavy (non-hydrogen) atoms. The number of hydrogen-bond donors (Lipinski definition) is 0. The number of hydrogen-bond acceptors (Lipinski definition) is 5. The van der Waals surface area contributed by atoms with Crippen molar-refractivity contribution in [1.82, 2.24) is 9.36 Å². The first-order chi connectivity index (χ1) is 5.71. The molecule has 0 bridgehead atoms. The van der Waals surface area contributed by atoms with Gasteiger partial charge in [-0.3, -0.25) is 0 Å². The summed E-state index contributed by atoms with van der Waals surface area (Å²) in [6.07, 6.45) is 0. The number of rotatable bonds is 1. The topological polar surface area (TPSA) is 59.9 Å². The monoisotopic (exact) mass is 240 g/mol. The van der Waals surface area contributed by atoms with E-state index in [4.69, 9.17) is 10.7 Å². The van der Waals surface area contributed by atoms with Gasteiger partial charge >= 0.3 is 0 Å². The molecule has 1 aromatic heterocycles. The van der Waals surface area contributed by atoms with Crippen molar-refractivity contribution in [3.05, 3.63) is 5.82 Å². The van der Waals surface area contributed by atoms with E-state index in [0.717, 1.165) is 11.5 Å². The van der Waals surface area contributed by atoms with E-state index in [-0.39, 0.29) is 9.75 Å². The molecule has 0 aliphatic rings. The van der Waals surface area contributed by atoms with Gasteiger partial charge in [0.05, 0.1) is 0 Å². The minimum atomic E-state index is -3.73. The largest absolute Gasteiger partial charge is 0.289 e. The molecule has 4 nitrogen and oxygen atoms in total. The van der Waals surface area contributed by atoms with Crippen LogP contribution in [0.3, 0.4) is 0 Å². The first-order valence-corrected chi connectivity index (χ1v) is 6.58. The van der Waals surface area contributed by atoms with E-state index in [2.05, 4.69) is 9.36 Å². The highest BCUT2D eigenvalue weighted by atomic mass is 35.7. The molecule has 7 heteroatoms. The van der Waals surface area contributed by atoms with E-state index in [1.54, 1.807) is 0 Å². The zero-order valence-corrected chi connectivity index (χ0v) is 9.79. The van der Waals surface area contributed by atoms with Crippen molar-refractivity contribution in [1.29, 1.82) is 0 Å². The van der Waals surface area contributed by atoms with Gasteiger partial charge in [-0.25, -0.2) is 13.4 Å². The van der Waals surface area contributed by atoms with Crippen molar-refractivity contribution in [2.75, 3.05) is 0 Å². The van der Waals surface area contributed by atoms with Crippen molar-refractivity contribution in [3.8, 4) is 0 Å². The Morgan fingerprint density at radius 2 is 1.92 bits per heavy atom. The number of halogens is 1. The molecule has 0 spiro atoms. The van der Waals surface area contributed by atoms with E-state index in [1.807, 2.05) is 20.8 Å². The standard InChI is InChI=1S/C6H9ClN2O2S2/c1-6(2,3)4-8-5(12-9-4)13(7,10)11/h1-3H3. The van der Waals surface area contributed by atoms with Crippen LogP contribution in [-0.2, 0) is 14.5 Å². The van der Waals surface area contributed by atoms with Gasteiger partial charge in [0.15, 0.2) is 0 Å². The van der Waals surface area contributed by atoms with Crippen molar-refractivity contribution >= 4 is 31.3 Å². The molecule has 1 heterocycles. The van der Waals surface area contributed by atoms with Gasteiger partial charge in [0, 0.05) is 16.1 Å². The fourth-order valence-electron chi connectivity index (χ4n) is 0.613. The Kier molecular flexibility index (Phi) is 2.66. The molecule has 0 aliphatic carbocycles. The highest BCUT2D eigenvalue weighted by Gasteiger charge is 2.23. The summed E-state index contributed by atoms with van der Waals surface area (Å²) in [6, 6.07) is 0. The van der Waals surface area contributed by atoms with Crippen LogP contribution in [0.5, 0.6) is 0 Å². The van der Waals surface area contributed by atoms with Gasteiger partial charge in [0.2, 0.25) is 4.34 Å². The average molecular weight is 241 g/mol. The second kappa shape index (κ2) is 3.18. The molecular weight excluding hydrogens is 232 g/mol. The van der Waals surface area contributed by atoms with E-state index in [9.17, 15) is 8.42 Å². The summed E-state index contributed by atoms with van der Waals surface area (Å²) in [5, 5.41) is 0. The zero-order valence-electron chi connectivity index (χ0n) is 7.41. The molecule has 0 saturated carbocycles. The molecule has 0 amide bonds. The minimum Gasteiger partial charge on any atom is -0.207 e. The summed E-state index contributed by atoms with van der Waals surface area (Å²) < 4.78 is 25.5. The molecule has 0 N–H and O–H groups in total. The van der Waals surface area contributed by atoms with Crippen LogP contribution in [0.15, 0.2) is 4.34 Å². The Bertz CT molecular complexity index is 405. The number of aromatic nitrogens is 2. The second-order valence-corrected chi connectivity index (χ2v) is 7.06. The molecular formula is C6H9ClN2O2S2. The third kappa shape index (κ3) is 2.62. The highest BCUT2D eigenvalue weighted by Crippen LogP contribution is 2.24. The van der Waals surface area contributed by atoms with Gasteiger partial charge < -0.3 is 0 Å². The lowest BCUT2D eigenvalue weighted by Crippen LogP contribution is -2.13. The number of nitrogens with zero attached hydrogens (tertiary/aromatic N) is 2. The summed E-state index contributed by atoms with van der Waals surface area (Å²) >= 11 is 0.802. The maximum Gasteiger partial charge on any atom is 0.289 e. The zero-order chi connectivity index (χ0) is 10.3. The van der Waals surface area contributed by atoms with Gasteiger partial charge in [-0.1, -0.05) is 20.8 Å². The molecule has 74 valence electrons. The van der Waals surface area contributed by atoms with Gasteiger partial charge in [-0.2, -0.15) is 4.37 Å². The lowest BCUT2D eigenvalue weighted by Gasteiger charge is -2.11. The van der Waals surface area contributed by atoms with Gasteiger partial charge in [-0.15, -0.1) is 0 Å². The molecule has 0 unspecified atom stereocenters. The first-order valence-electron chi connectivity index (χ1n) is 3.50. The van der Waals surface area contributed by atoms with Crippen molar-refractivity contribution < 1.29 is 8.42 Å². The second-order valence-electron chi connectivity index (χ2n) is 3.57. The smallest absolute Gasteiger partial charge is 0.207 e. The van der Waals surface area contributed by atoms with Gasteiger partial charge in [-0.05, 0) is 11.5 Å². The van der Waals surface area contributed by atoms with E-state index in [1.165, 1.54) is 0 Å². The Balaban J connectivity index is 3.16. The maximum absolute atomic E-state index is 10.8. The average Bonchev–Trinajstić information content (AvgIpc) is 2.28. The predicted molar refractivity (Wildman–Crippen MR) is 51.6 cm³/mol. The van der Waals surface area contributed by atoms with E-state index in [0.29, 0.717) is 5.82 Å². The van der Waals surface area contributed by atoms with Crippen molar-refractivity contribution in [2.45, 2.75) is 30.5 Å². The van der Waals surface area contributed by atoms with Crippen LogP contribution in [0.25, 0.3) is 0 Å². The quantitative estimate of drug-likeness (QED) is 0.702. The fourth-order valence-corrected chi connectivity index (χ4v) is 2.24.